The van der Waals surface area contributed by atoms with Crippen molar-refractivity contribution >= 4 is 0 Å². The first kappa shape index (κ1) is 15.4. The summed E-state index contributed by atoms with van der Waals surface area (Å²) in [5, 5.41) is 3.88. The monoisotopic (exact) mass is 265 g/mol. The topological polar surface area (TPSA) is 12.0 Å². The lowest BCUT2D eigenvalue weighted by Crippen LogP contribution is -2.43. The van der Waals surface area contributed by atoms with E-state index in [4.69, 9.17) is 0 Å². The molecule has 1 N–H and O–H groups in total. The largest absolute Gasteiger partial charge is 0.316 e. The second-order valence-corrected chi connectivity index (χ2v) is 8.22. The maximum Gasteiger partial charge on any atom is 0.00105 e. The Morgan fingerprint density at radius 3 is 2.11 bits per heavy atom. The first-order chi connectivity index (χ1) is 8.92. The molecule has 1 aliphatic carbocycles. The second kappa shape index (κ2) is 5.76. The molecule has 0 radical (unpaired) electrons. The normalized spacial score (nSPS) is 43.9. The third-order valence-electron chi connectivity index (χ3n) is 6.82. The van der Waals surface area contributed by atoms with Crippen molar-refractivity contribution in [3.05, 3.63) is 0 Å². The molecule has 0 aromatic carbocycles. The maximum atomic E-state index is 3.88. The third-order valence-corrected chi connectivity index (χ3v) is 6.82. The zero-order chi connectivity index (χ0) is 14.1. The SMILES string of the molecule is CCCC1(C)CNCC(C)(C(C)C)C2CCC1CC2. The fourth-order valence-electron chi connectivity index (χ4n) is 4.90. The van der Waals surface area contributed by atoms with Crippen molar-refractivity contribution in [2.24, 2.45) is 28.6 Å². The van der Waals surface area contributed by atoms with Crippen molar-refractivity contribution in [3.63, 3.8) is 0 Å². The minimum absolute atomic E-state index is 0.502. The first-order valence-electron chi connectivity index (χ1n) is 8.63. The highest BCUT2D eigenvalue weighted by Gasteiger charge is 2.44. The van der Waals surface area contributed by atoms with E-state index in [-0.39, 0.29) is 0 Å². The molecule has 0 aromatic rings. The van der Waals surface area contributed by atoms with E-state index in [0.29, 0.717) is 10.8 Å². The van der Waals surface area contributed by atoms with Gasteiger partial charge in [-0.3, -0.25) is 0 Å². The highest BCUT2D eigenvalue weighted by atomic mass is 14.9. The molecule has 3 aliphatic rings. The second-order valence-electron chi connectivity index (χ2n) is 8.22. The Labute approximate surface area is 120 Å². The van der Waals surface area contributed by atoms with E-state index in [1.807, 2.05) is 0 Å². The van der Waals surface area contributed by atoms with Gasteiger partial charge in [0.2, 0.25) is 0 Å². The van der Waals surface area contributed by atoms with Crippen LogP contribution < -0.4 is 5.32 Å². The average Bonchev–Trinajstić information content (AvgIpc) is 2.45. The molecule has 112 valence electrons. The molecule has 1 saturated carbocycles. The zero-order valence-corrected chi connectivity index (χ0v) is 13.9. The van der Waals surface area contributed by atoms with Crippen LogP contribution in [-0.4, -0.2) is 13.1 Å². The molecule has 0 amide bonds. The van der Waals surface area contributed by atoms with Crippen LogP contribution in [0.15, 0.2) is 0 Å². The van der Waals surface area contributed by atoms with Crippen LogP contribution in [-0.2, 0) is 0 Å². The summed E-state index contributed by atoms with van der Waals surface area (Å²) in [6.07, 6.45) is 8.63. The molecule has 2 saturated heterocycles. The fraction of sp³-hybridized carbons (Fsp3) is 1.00. The molecular formula is C18H35N. The Kier molecular flexibility index (Phi) is 4.65. The van der Waals surface area contributed by atoms with Crippen molar-refractivity contribution in [3.8, 4) is 0 Å². The Morgan fingerprint density at radius 1 is 1.00 bits per heavy atom. The quantitative estimate of drug-likeness (QED) is 0.768. The lowest BCUT2D eigenvalue weighted by Gasteiger charge is -2.45. The summed E-state index contributed by atoms with van der Waals surface area (Å²) in [6, 6.07) is 0. The molecule has 3 fully saturated rings. The van der Waals surface area contributed by atoms with Crippen LogP contribution in [0.4, 0.5) is 0 Å². The van der Waals surface area contributed by atoms with Crippen LogP contribution in [0.3, 0.4) is 0 Å². The van der Waals surface area contributed by atoms with Crippen molar-refractivity contribution in [2.75, 3.05) is 13.1 Å². The molecule has 2 bridgehead atoms. The lowest BCUT2D eigenvalue weighted by molar-refractivity contribution is 0.0575. The fourth-order valence-corrected chi connectivity index (χ4v) is 4.90. The Balaban J connectivity index is 2.20. The van der Waals surface area contributed by atoms with Crippen LogP contribution in [0.2, 0.25) is 0 Å². The van der Waals surface area contributed by atoms with E-state index in [2.05, 4.69) is 39.9 Å². The molecule has 1 heteroatoms. The van der Waals surface area contributed by atoms with E-state index in [1.54, 1.807) is 0 Å². The van der Waals surface area contributed by atoms with Gasteiger partial charge in [-0.1, -0.05) is 41.0 Å². The molecular weight excluding hydrogens is 230 g/mol. The van der Waals surface area contributed by atoms with Crippen molar-refractivity contribution in [1.29, 1.82) is 0 Å². The van der Waals surface area contributed by atoms with Gasteiger partial charge in [0.05, 0.1) is 0 Å². The highest BCUT2D eigenvalue weighted by molar-refractivity contribution is 4.96. The van der Waals surface area contributed by atoms with Gasteiger partial charge in [0.15, 0.2) is 0 Å². The van der Waals surface area contributed by atoms with Crippen molar-refractivity contribution in [1.82, 2.24) is 5.32 Å². The van der Waals surface area contributed by atoms with E-state index < -0.39 is 0 Å². The number of hydrogen-bond acceptors (Lipinski definition) is 1. The van der Waals surface area contributed by atoms with E-state index in [9.17, 15) is 0 Å². The van der Waals surface area contributed by atoms with Crippen LogP contribution in [0, 0.1) is 28.6 Å². The molecule has 2 aliphatic heterocycles. The van der Waals surface area contributed by atoms with Gasteiger partial charge in [-0.2, -0.15) is 0 Å². The minimum Gasteiger partial charge on any atom is -0.316 e. The van der Waals surface area contributed by atoms with Crippen LogP contribution in [0.1, 0.15) is 73.1 Å². The summed E-state index contributed by atoms with van der Waals surface area (Å²) in [5.41, 5.74) is 1.05. The van der Waals surface area contributed by atoms with Crippen molar-refractivity contribution < 1.29 is 0 Å². The van der Waals surface area contributed by atoms with E-state index >= 15 is 0 Å². The summed E-state index contributed by atoms with van der Waals surface area (Å²) < 4.78 is 0. The molecule has 2 heterocycles. The predicted molar refractivity (Wildman–Crippen MR) is 84.3 cm³/mol. The highest BCUT2D eigenvalue weighted by Crippen LogP contribution is 2.50. The number of rotatable bonds is 3. The smallest absolute Gasteiger partial charge is 0.00105 e. The average molecular weight is 265 g/mol. The van der Waals surface area contributed by atoms with E-state index in [1.165, 1.54) is 51.6 Å². The summed E-state index contributed by atoms with van der Waals surface area (Å²) >= 11 is 0. The molecule has 2 atom stereocenters. The molecule has 0 spiro atoms. The van der Waals surface area contributed by atoms with Crippen LogP contribution in [0.25, 0.3) is 0 Å². The van der Waals surface area contributed by atoms with Crippen LogP contribution >= 0.6 is 0 Å². The minimum atomic E-state index is 0.502. The standard InChI is InChI=1S/C18H35N/c1-6-11-17(4)12-19-13-18(5,14(2)3)16-9-7-15(17)8-10-16/h14-16,19H,6-13H2,1-5H3. The molecule has 2 unspecified atom stereocenters. The number of nitrogens with one attached hydrogen (secondary N) is 1. The molecule has 3 rings (SSSR count). The summed E-state index contributed by atoms with van der Waals surface area (Å²) in [4.78, 5) is 0. The third kappa shape index (κ3) is 2.86. The van der Waals surface area contributed by atoms with Gasteiger partial charge in [-0.15, -0.1) is 0 Å². The summed E-state index contributed by atoms with van der Waals surface area (Å²) in [7, 11) is 0. The van der Waals surface area contributed by atoms with Crippen molar-refractivity contribution in [2.45, 2.75) is 73.1 Å². The Morgan fingerprint density at radius 2 is 1.58 bits per heavy atom. The van der Waals surface area contributed by atoms with E-state index in [0.717, 1.165) is 17.8 Å². The van der Waals surface area contributed by atoms with Gasteiger partial charge < -0.3 is 5.32 Å². The van der Waals surface area contributed by atoms with Crippen LogP contribution in [0.5, 0.6) is 0 Å². The molecule has 1 nitrogen and oxygen atoms in total. The summed E-state index contributed by atoms with van der Waals surface area (Å²) in [5.74, 6) is 2.70. The maximum absolute atomic E-state index is 3.88. The number of hydrogen-bond donors (Lipinski definition) is 1. The molecule has 0 aromatic heterocycles. The first-order valence-corrected chi connectivity index (χ1v) is 8.63. The lowest BCUT2D eigenvalue weighted by atomic mass is 9.60. The Hall–Kier alpha value is -0.0400. The Bertz CT molecular complexity index is 290. The van der Waals surface area contributed by atoms with Gasteiger partial charge in [0.25, 0.3) is 0 Å². The summed E-state index contributed by atoms with van der Waals surface area (Å²) in [6.45, 7) is 14.8. The predicted octanol–water partition coefficient (Wildman–Crippen LogP) is 4.86. The van der Waals surface area contributed by atoms with Gasteiger partial charge in [-0.25, -0.2) is 0 Å². The van der Waals surface area contributed by atoms with Gasteiger partial charge in [0.1, 0.15) is 0 Å². The zero-order valence-electron chi connectivity index (χ0n) is 13.9. The van der Waals surface area contributed by atoms with Gasteiger partial charge >= 0.3 is 0 Å². The molecule has 19 heavy (non-hydrogen) atoms. The van der Waals surface area contributed by atoms with Gasteiger partial charge in [0, 0.05) is 13.1 Å². The number of fused-ring (bicyclic) bond motifs is 6. The van der Waals surface area contributed by atoms with Gasteiger partial charge in [-0.05, 0) is 60.7 Å².